The summed E-state index contributed by atoms with van der Waals surface area (Å²) in [7, 11) is 0. The van der Waals surface area contributed by atoms with Crippen molar-refractivity contribution in [2.45, 2.75) is 39.7 Å². The van der Waals surface area contributed by atoms with E-state index < -0.39 is 0 Å². The van der Waals surface area contributed by atoms with Crippen molar-refractivity contribution in [3.05, 3.63) is 53.2 Å². The highest BCUT2D eigenvalue weighted by molar-refractivity contribution is 5.16. The molecule has 0 spiro atoms. The van der Waals surface area contributed by atoms with E-state index in [9.17, 15) is 0 Å². The number of nitrogens with one attached hydrogen (secondary N) is 1. The van der Waals surface area contributed by atoms with E-state index in [4.69, 9.17) is 4.42 Å². The summed E-state index contributed by atoms with van der Waals surface area (Å²) in [5.74, 6) is 1.95. The van der Waals surface area contributed by atoms with Gasteiger partial charge in [0.05, 0.1) is 6.04 Å². The maximum absolute atomic E-state index is 5.75. The normalized spacial score (nSPS) is 12.6. The summed E-state index contributed by atoms with van der Waals surface area (Å²) in [6, 6.07) is 8.46. The quantitative estimate of drug-likeness (QED) is 0.860. The van der Waals surface area contributed by atoms with Gasteiger partial charge in [-0.1, -0.05) is 13.0 Å². The smallest absolute Gasteiger partial charge is 0.121 e. The summed E-state index contributed by atoms with van der Waals surface area (Å²) >= 11 is 0. The first-order valence-electron chi connectivity index (χ1n) is 6.90. The van der Waals surface area contributed by atoms with Crippen LogP contribution in [0, 0.1) is 13.8 Å². The molecule has 0 aliphatic carbocycles. The third-order valence-electron chi connectivity index (χ3n) is 3.13. The molecule has 19 heavy (non-hydrogen) atoms. The fourth-order valence-corrected chi connectivity index (χ4v) is 2.06. The predicted octanol–water partition coefficient (Wildman–Crippen LogP) is 3.57. The van der Waals surface area contributed by atoms with Crippen LogP contribution >= 0.6 is 0 Å². The Bertz CT molecular complexity index is 502. The number of hydrogen-bond donors (Lipinski definition) is 1. The zero-order valence-corrected chi connectivity index (χ0v) is 11.9. The molecule has 0 fully saturated rings. The van der Waals surface area contributed by atoms with Crippen LogP contribution in [0.2, 0.25) is 0 Å². The third-order valence-corrected chi connectivity index (χ3v) is 3.13. The van der Waals surface area contributed by atoms with Gasteiger partial charge in [0, 0.05) is 18.3 Å². The number of hydrogen-bond acceptors (Lipinski definition) is 3. The highest BCUT2D eigenvalue weighted by atomic mass is 16.3. The topological polar surface area (TPSA) is 38.1 Å². The first-order valence-corrected chi connectivity index (χ1v) is 6.90. The van der Waals surface area contributed by atoms with E-state index in [0.717, 1.165) is 36.6 Å². The van der Waals surface area contributed by atoms with E-state index in [0.29, 0.717) is 0 Å². The van der Waals surface area contributed by atoms with E-state index >= 15 is 0 Å². The Kier molecular flexibility index (Phi) is 4.74. The van der Waals surface area contributed by atoms with Crippen molar-refractivity contribution in [3.8, 4) is 0 Å². The fraction of sp³-hybridized carbons (Fsp3) is 0.438. The van der Waals surface area contributed by atoms with E-state index in [1.165, 1.54) is 5.56 Å². The second-order valence-electron chi connectivity index (χ2n) is 4.99. The molecule has 2 rings (SSSR count). The van der Waals surface area contributed by atoms with E-state index in [-0.39, 0.29) is 6.04 Å². The van der Waals surface area contributed by atoms with Gasteiger partial charge in [-0.05, 0) is 50.6 Å². The maximum Gasteiger partial charge on any atom is 0.121 e. The van der Waals surface area contributed by atoms with Crippen molar-refractivity contribution in [2.75, 3.05) is 6.54 Å². The van der Waals surface area contributed by atoms with Crippen LogP contribution in [0.15, 0.2) is 34.9 Å². The van der Waals surface area contributed by atoms with Gasteiger partial charge in [0.15, 0.2) is 0 Å². The van der Waals surface area contributed by atoms with Crippen LogP contribution < -0.4 is 5.32 Å². The average Bonchev–Trinajstić information content (AvgIpc) is 2.83. The summed E-state index contributed by atoms with van der Waals surface area (Å²) in [4.78, 5) is 4.48. The first-order chi connectivity index (χ1) is 9.19. The molecule has 1 unspecified atom stereocenters. The molecule has 3 heteroatoms. The number of rotatable bonds is 6. The molecule has 0 aliphatic heterocycles. The molecule has 2 heterocycles. The number of pyridine rings is 1. The average molecular weight is 258 g/mol. The first kappa shape index (κ1) is 13.8. The van der Waals surface area contributed by atoms with E-state index in [1.54, 1.807) is 0 Å². The molecular weight excluding hydrogens is 236 g/mol. The summed E-state index contributed by atoms with van der Waals surface area (Å²) < 4.78 is 5.75. The summed E-state index contributed by atoms with van der Waals surface area (Å²) in [6.45, 7) is 7.18. The minimum atomic E-state index is 0.198. The summed E-state index contributed by atoms with van der Waals surface area (Å²) in [6.07, 6.45) is 3.88. The van der Waals surface area contributed by atoms with Crippen molar-refractivity contribution in [1.29, 1.82) is 0 Å². The molecule has 0 amide bonds. The number of aromatic nitrogens is 1. The lowest BCUT2D eigenvalue weighted by atomic mass is 10.1. The van der Waals surface area contributed by atoms with Crippen molar-refractivity contribution >= 4 is 0 Å². The van der Waals surface area contributed by atoms with Gasteiger partial charge in [0.2, 0.25) is 0 Å². The van der Waals surface area contributed by atoms with Crippen LogP contribution in [0.25, 0.3) is 0 Å². The standard InChI is InChI=1S/C16H22N2O/c1-4-9-17-15(16-8-6-13(3)19-16)10-14-7-5-12(2)11-18-14/h5-8,11,15,17H,4,9-10H2,1-3H3. The Morgan fingerprint density at radius 3 is 2.63 bits per heavy atom. The molecule has 1 atom stereocenters. The molecule has 0 aromatic carbocycles. The molecule has 2 aromatic rings. The fourth-order valence-electron chi connectivity index (χ4n) is 2.06. The molecule has 0 bridgehead atoms. The van der Waals surface area contributed by atoms with Crippen molar-refractivity contribution in [2.24, 2.45) is 0 Å². The Morgan fingerprint density at radius 1 is 1.21 bits per heavy atom. The summed E-state index contributed by atoms with van der Waals surface area (Å²) in [5, 5.41) is 3.53. The van der Waals surface area contributed by atoms with Gasteiger partial charge in [0.25, 0.3) is 0 Å². The largest absolute Gasteiger partial charge is 0.465 e. The Labute approximate surface area is 115 Å². The van der Waals surface area contributed by atoms with Gasteiger partial charge in [-0.2, -0.15) is 0 Å². The lowest BCUT2D eigenvalue weighted by Crippen LogP contribution is -2.24. The molecule has 2 aromatic heterocycles. The van der Waals surface area contributed by atoms with E-state index in [2.05, 4.69) is 42.3 Å². The van der Waals surface area contributed by atoms with Gasteiger partial charge in [0.1, 0.15) is 11.5 Å². The lowest BCUT2D eigenvalue weighted by molar-refractivity contribution is 0.396. The van der Waals surface area contributed by atoms with Crippen LogP contribution in [0.3, 0.4) is 0 Å². The molecule has 0 saturated heterocycles. The Morgan fingerprint density at radius 2 is 2.05 bits per heavy atom. The van der Waals surface area contributed by atoms with E-state index in [1.807, 2.05) is 19.2 Å². The second kappa shape index (κ2) is 6.53. The zero-order chi connectivity index (χ0) is 13.7. The minimum Gasteiger partial charge on any atom is -0.465 e. The van der Waals surface area contributed by atoms with Crippen molar-refractivity contribution < 1.29 is 4.42 Å². The molecule has 0 aliphatic rings. The summed E-state index contributed by atoms with van der Waals surface area (Å²) in [5.41, 5.74) is 2.28. The van der Waals surface area contributed by atoms with Gasteiger partial charge in [-0.25, -0.2) is 0 Å². The zero-order valence-electron chi connectivity index (χ0n) is 11.9. The molecular formula is C16H22N2O. The van der Waals surface area contributed by atoms with Crippen LogP contribution in [0.1, 0.15) is 42.2 Å². The second-order valence-corrected chi connectivity index (χ2v) is 4.99. The number of furan rings is 1. The van der Waals surface area contributed by atoms with Gasteiger partial charge in [-0.3, -0.25) is 4.98 Å². The predicted molar refractivity (Wildman–Crippen MR) is 77.2 cm³/mol. The van der Waals surface area contributed by atoms with Crippen LogP contribution in [0.4, 0.5) is 0 Å². The molecule has 3 nitrogen and oxygen atoms in total. The van der Waals surface area contributed by atoms with Crippen LogP contribution in [-0.4, -0.2) is 11.5 Å². The van der Waals surface area contributed by atoms with Gasteiger partial charge >= 0.3 is 0 Å². The maximum atomic E-state index is 5.75. The third kappa shape index (κ3) is 3.93. The highest BCUT2D eigenvalue weighted by Gasteiger charge is 2.15. The lowest BCUT2D eigenvalue weighted by Gasteiger charge is -2.16. The van der Waals surface area contributed by atoms with Gasteiger partial charge in [-0.15, -0.1) is 0 Å². The van der Waals surface area contributed by atoms with Crippen LogP contribution in [0.5, 0.6) is 0 Å². The number of aryl methyl sites for hydroxylation is 2. The molecule has 0 radical (unpaired) electrons. The van der Waals surface area contributed by atoms with Crippen molar-refractivity contribution in [1.82, 2.24) is 10.3 Å². The van der Waals surface area contributed by atoms with Gasteiger partial charge < -0.3 is 9.73 Å². The highest BCUT2D eigenvalue weighted by Crippen LogP contribution is 2.20. The monoisotopic (exact) mass is 258 g/mol. The minimum absolute atomic E-state index is 0.198. The molecule has 102 valence electrons. The Hall–Kier alpha value is -1.61. The Balaban J connectivity index is 2.11. The van der Waals surface area contributed by atoms with Crippen molar-refractivity contribution in [3.63, 3.8) is 0 Å². The number of nitrogens with zero attached hydrogens (tertiary/aromatic N) is 1. The molecule has 0 saturated carbocycles. The van der Waals surface area contributed by atoms with Crippen LogP contribution in [-0.2, 0) is 6.42 Å². The SMILES string of the molecule is CCCNC(Cc1ccc(C)cn1)c1ccc(C)o1. The molecule has 1 N–H and O–H groups in total.